The highest BCUT2D eigenvalue weighted by Gasteiger charge is 2.11. The van der Waals surface area contributed by atoms with Crippen LogP contribution in [0.5, 0.6) is 5.75 Å². The fourth-order valence-corrected chi connectivity index (χ4v) is 2.34. The number of aryl methyl sites for hydroxylation is 2. The van der Waals surface area contributed by atoms with Gasteiger partial charge in [0, 0.05) is 24.2 Å². The maximum atomic E-state index is 5.60. The Balaban J connectivity index is 2.56. The first kappa shape index (κ1) is 12.0. The molecule has 0 atom stereocenters. The molecule has 1 aromatic carbocycles. The molecule has 2 N–H and O–H groups in total. The van der Waals surface area contributed by atoms with Crippen molar-refractivity contribution < 1.29 is 4.74 Å². The number of nitrogens with two attached hydrogens (primary N) is 1. The van der Waals surface area contributed by atoms with E-state index < -0.39 is 0 Å². The van der Waals surface area contributed by atoms with Gasteiger partial charge in [-0.3, -0.25) is 0 Å². The molecule has 0 fully saturated rings. The second-order valence-electron chi connectivity index (χ2n) is 4.40. The summed E-state index contributed by atoms with van der Waals surface area (Å²) in [4.78, 5) is 0. The van der Waals surface area contributed by atoms with Crippen molar-refractivity contribution in [3.63, 3.8) is 0 Å². The van der Waals surface area contributed by atoms with E-state index in [2.05, 4.69) is 30.7 Å². The second kappa shape index (κ2) is 4.80. The first-order chi connectivity index (χ1) is 8.19. The molecular formula is C14H20N2O. The third kappa shape index (κ3) is 2.03. The van der Waals surface area contributed by atoms with Gasteiger partial charge in [0.25, 0.3) is 0 Å². The average molecular weight is 232 g/mol. The summed E-state index contributed by atoms with van der Waals surface area (Å²) in [5, 5.41) is 1.32. The zero-order valence-electron chi connectivity index (χ0n) is 10.8. The monoisotopic (exact) mass is 232 g/mol. The lowest BCUT2D eigenvalue weighted by Gasteiger charge is -2.01. The molecule has 0 aliphatic carbocycles. The molecule has 1 heterocycles. The van der Waals surface area contributed by atoms with Gasteiger partial charge in [0.1, 0.15) is 5.75 Å². The molecule has 2 aromatic rings. The third-order valence-corrected chi connectivity index (χ3v) is 3.46. The minimum atomic E-state index is 0.742. The Morgan fingerprint density at radius 3 is 2.76 bits per heavy atom. The lowest BCUT2D eigenvalue weighted by molar-refractivity contribution is 0.415. The number of fused-ring (bicyclic) bond motifs is 1. The second-order valence-corrected chi connectivity index (χ2v) is 4.40. The van der Waals surface area contributed by atoms with Crippen LogP contribution in [0, 0.1) is 6.92 Å². The summed E-state index contributed by atoms with van der Waals surface area (Å²) in [6.07, 6.45) is 2.08. The quantitative estimate of drug-likeness (QED) is 0.879. The van der Waals surface area contributed by atoms with Gasteiger partial charge < -0.3 is 15.0 Å². The number of hydrogen-bond donors (Lipinski definition) is 1. The summed E-state index contributed by atoms with van der Waals surface area (Å²) in [5.74, 6) is 0.906. The van der Waals surface area contributed by atoms with Crippen molar-refractivity contribution in [2.45, 2.75) is 19.8 Å². The molecule has 2 rings (SSSR count). The SMILES string of the molecule is COc1ccc2c(CCCN)c(C)n(C)c2c1. The topological polar surface area (TPSA) is 40.2 Å². The van der Waals surface area contributed by atoms with Gasteiger partial charge in [0.2, 0.25) is 0 Å². The van der Waals surface area contributed by atoms with E-state index >= 15 is 0 Å². The molecule has 0 aliphatic rings. The van der Waals surface area contributed by atoms with Crippen LogP contribution in [0.4, 0.5) is 0 Å². The van der Waals surface area contributed by atoms with Crippen LogP contribution in [0.25, 0.3) is 10.9 Å². The maximum absolute atomic E-state index is 5.60. The molecule has 0 unspecified atom stereocenters. The van der Waals surface area contributed by atoms with E-state index in [0.29, 0.717) is 0 Å². The van der Waals surface area contributed by atoms with Crippen LogP contribution in [0.15, 0.2) is 18.2 Å². The highest BCUT2D eigenvalue weighted by atomic mass is 16.5. The molecule has 3 heteroatoms. The van der Waals surface area contributed by atoms with Gasteiger partial charge in [-0.2, -0.15) is 0 Å². The minimum absolute atomic E-state index is 0.742. The van der Waals surface area contributed by atoms with Crippen molar-refractivity contribution in [1.29, 1.82) is 0 Å². The molecular weight excluding hydrogens is 212 g/mol. The van der Waals surface area contributed by atoms with Crippen LogP contribution in [-0.2, 0) is 13.5 Å². The molecule has 92 valence electrons. The number of rotatable bonds is 4. The largest absolute Gasteiger partial charge is 0.497 e. The summed E-state index contributed by atoms with van der Waals surface area (Å²) in [5.41, 5.74) is 9.56. The first-order valence-corrected chi connectivity index (χ1v) is 6.01. The number of ether oxygens (including phenoxy) is 1. The van der Waals surface area contributed by atoms with Crippen LogP contribution in [0.1, 0.15) is 17.7 Å². The Morgan fingerprint density at radius 2 is 2.12 bits per heavy atom. The standard InChI is InChI=1S/C14H20N2O/c1-10-12(5-4-8-15)13-7-6-11(17-3)9-14(13)16(10)2/h6-7,9H,4-5,8,15H2,1-3H3. The summed E-state index contributed by atoms with van der Waals surface area (Å²) >= 11 is 0. The zero-order valence-corrected chi connectivity index (χ0v) is 10.8. The average Bonchev–Trinajstić information content (AvgIpc) is 2.60. The van der Waals surface area contributed by atoms with Crippen molar-refractivity contribution in [2.24, 2.45) is 12.8 Å². The minimum Gasteiger partial charge on any atom is -0.497 e. The molecule has 0 aliphatic heterocycles. The predicted molar refractivity (Wildman–Crippen MR) is 71.6 cm³/mol. The fraction of sp³-hybridized carbons (Fsp3) is 0.429. The Hall–Kier alpha value is -1.48. The van der Waals surface area contributed by atoms with Crippen LogP contribution in [0.3, 0.4) is 0 Å². The maximum Gasteiger partial charge on any atom is 0.120 e. The van der Waals surface area contributed by atoms with E-state index in [0.717, 1.165) is 25.1 Å². The van der Waals surface area contributed by atoms with Gasteiger partial charge in [0.15, 0.2) is 0 Å². The van der Waals surface area contributed by atoms with E-state index in [1.54, 1.807) is 7.11 Å². The first-order valence-electron chi connectivity index (χ1n) is 6.01. The van der Waals surface area contributed by atoms with Crippen LogP contribution >= 0.6 is 0 Å². The van der Waals surface area contributed by atoms with Gasteiger partial charge in [-0.25, -0.2) is 0 Å². The summed E-state index contributed by atoms with van der Waals surface area (Å²) < 4.78 is 7.50. The van der Waals surface area contributed by atoms with E-state index in [9.17, 15) is 0 Å². The number of hydrogen-bond acceptors (Lipinski definition) is 2. The van der Waals surface area contributed by atoms with Gasteiger partial charge in [-0.05, 0) is 44.0 Å². The summed E-state index contributed by atoms with van der Waals surface area (Å²) in [6, 6.07) is 6.26. The number of methoxy groups -OCH3 is 1. The molecule has 0 saturated carbocycles. The van der Waals surface area contributed by atoms with Crippen molar-refractivity contribution in [2.75, 3.05) is 13.7 Å². The third-order valence-electron chi connectivity index (χ3n) is 3.46. The summed E-state index contributed by atoms with van der Waals surface area (Å²) in [7, 11) is 3.80. The van der Waals surface area contributed by atoms with Crippen LogP contribution in [0.2, 0.25) is 0 Å². The van der Waals surface area contributed by atoms with Gasteiger partial charge >= 0.3 is 0 Å². The van der Waals surface area contributed by atoms with Crippen molar-refractivity contribution in [3.05, 3.63) is 29.5 Å². The molecule has 0 radical (unpaired) electrons. The van der Waals surface area contributed by atoms with Crippen molar-refractivity contribution >= 4 is 10.9 Å². The lowest BCUT2D eigenvalue weighted by Crippen LogP contribution is -2.01. The smallest absolute Gasteiger partial charge is 0.120 e. The van der Waals surface area contributed by atoms with Gasteiger partial charge in [-0.15, -0.1) is 0 Å². The Bertz CT molecular complexity index is 528. The fourth-order valence-electron chi connectivity index (χ4n) is 2.34. The number of benzene rings is 1. The van der Waals surface area contributed by atoms with Gasteiger partial charge in [-0.1, -0.05) is 0 Å². The highest BCUT2D eigenvalue weighted by Crippen LogP contribution is 2.29. The molecule has 0 saturated heterocycles. The molecule has 0 spiro atoms. The van der Waals surface area contributed by atoms with E-state index in [1.165, 1.54) is 22.2 Å². The van der Waals surface area contributed by atoms with E-state index in [-0.39, 0.29) is 0 Å². The van der Waals surface area contributed by atoms with Crippen LogP contribution < -0.4 is 10.5 Å². The van der Waals surface area contributed by atoms with E-state index in [4.69, 9.17) is 10.5 Å². The van der Waals surface area contributed by atoms with Gasteiger partial charge in [0.05, 0.1) is 12.6 Å². The molecule has 0 amide bonds. The zero-order chi connectivity index (χ0) is 12.4. The Kier molecular flexibility index (Phi) is 3.38. The Labute approximate surface area is 102 Å². The Morgan fingerprint density at radius 1 is 1.35 bits per heavy atom. The number of nitrogens with zero attached hydrogens (tertiary/aromatic N) is 1. The molecule has 3 nitrogen and oxygen atoms in total. The van der Waals surface area contributed by atoms with Crippen molar-refractivity contribution in [3.8, 4) is 5.75 Å². The van der Waals surface area contributed by atoms with Crippen molar-refractivity contribution in [1.82, 2.24) is 4.57 Å². The number of aromatic nitrogens is 1. The lowest BCUT2D eigenvalue weighted by atomic mass is 10.1. The van der Waals surface area contributed by atoms with E-state index in [1.807, 2.05) is 6.07 Å². The summed E-state index contributed by atoms with van der Waals surface area (Å²) in [6.45, 7) is 2.91. The molecule has 17 heavy (non-hydrogen) atoms. The molecule has 0 bridgehead atoms. The molecule has 1 aromatic heterocycles. The van der Waals surface area contributed by atoms with Crippen LogP contribution in [-0.4, -0.2) is 18.2 Å². The predicted octanol–water partition coefficient (Wildman–Crippen LogP) is 2.39. The highest BCUT2D eigenvalue weighted by molar-refractivity contribution is 5.86. The normalized spacial score (nSPS) is 11.1.